The molecule has 0 bridgehead atoms. The van der Waals surface area contributed by atoms with Crippen LogP contribution in [-0.2, 0) is 9.09 Å². The molecule has 0 aliphatic carbocycles. The van der Waals surface area contributed by atoms with Gasteiger partial charge in [0.2, 0.25) is 0 Å². The highest BCUT2D eigenvalue weighted by Crippen LogP contribution is 2.35. The van der Waals surface area contributed by atoms with Gasteiger partial charge in [0.25, 0.3) is 0 Å². The molecule has 0 fully saturated rings. The fraction of sp³-hybridized carbons (Fsp3) is 1.00. The summed E-state index contributed by atoms with van der Waals surface area (Å²) in [6.45, 7) is 4.52. The minimum atomic E-state index is -4.39. The van der Waals surface area contributed by atoms with Gasteiger partial charge in [-0.1, -0.05) is 13.8 Å². The molecule has 0 saturated heterocycles. The number of aliphatic hydroxyl groups is 1. The Labute approximate surface area is 89.9 Å². The van der Waals surface area contributed by atoms with Gasteiger partial charge < -0.3 is 20.2 Å². The summed E-state index contributed by atoms with van der Waals surface area (Å²) in [7, 11) is -4.39. The third-order valence-corrected chi connectivity index (χ3v) is 2.45. The molecule has 92 valence electrons. The van der Waals surface area contributed by atoms with Crippen LogP contribution in [-0.4, -0.2) is 40.7 Å². The van der Waals surface area contributed by atoms with Crippen LogP contribution in [0.4, 0.5) is 0 Å². The van der Waals surface area contributed by atoms with E-state index < -0.39 is 7.82 Å². The number of phosphoric ester groups is 1. The summed E-state index contributed by atoms with van der Waals surface area (Å²) in [5.41, 5.74) is 0. The number of phosphoric acid groups is 1. The Balaban J connectivity index is 3.89. The molecule has 6 nitrogen and oxygen atoms in total. The molecular formula is C8H20NO5P. The van der Waals surface area contributed by atoms with Crippen molar-refractivity contribution < 1.29 is 24.0 Å². The van der Waals surface area contributed by atoms with Gasteiger partial charge in [0.15, 0.2) is 0 Å². The van der Waals surface area contributed by atoms with E-state index in [4.69, 9.17) is 14.9 Å². The Hall–Kier alpha value is 0.0300. The highest BCUT2D eigenvalue weighted by Gasteiger charge is 2.19. The quantitative estimate of drug-likeness (QED) is 0.355. The number of nitrogens with one attached hydrogen (secondary N) is 1. The lowest BCUT2D eigenvalue weighted by molar-refractivity contribution is 0.161. The van der Waals surface area contributed by atoms with Crippen molar-refractivity contribution in [2.24, 2.45) is 5.92 Å². The average Bonchev–Trinajstić information content (AvgIpc) is 2.08. The molecule has 15 heavy (non-hydrogen) atoms. The normalized spacial score (nSPS) is 14.5. The van der Waals surface area contributed by atoms with Crippen molar-refractivity contribution in [3.8, 4) is 0 Å². The maximum Gasteiger partial charge on any atom is 0.469 e. The lowest BCUT2D eigenvalue weighted by atomic mass is 10.1. The average molecular weight is 241 g/mol. The van der Waals surface area contributed by atoms with E-state index in [2.05, 4.69) is 9.84 Å². The van der Waals surface area contributed by atoms with Gasteiger partial charge in [0.1, 0.15) is 0 Å². The van der Waals surface area contributed by atoms with Crippen LogP contribution in [0.5, 0.6) is 0 Å². The Morgan fingerprint density at radius 3 is 2.40 bits per heavy atom. The van der Waals surface area contributed by atoms with Crippen molar-refractivity contribution in [2.75, 3.05) is 19.8 Å². The maximum absolute atomic E-state index is 10.5. The van der Waals surface area contributed by atoms with Crippen molar-refractivity contribution >= 4 is 7.82 Å². The number of hydrogen-bond acceptors (Lipinski definition) is 4. The molecular weight excluding hydrogens is 221 g/mol. The SMILES string of the molecule is CC(C)C(COP(=O)(O)O)NCCCO. The molecule has 0 amide bonds. The number of rotatable bonds is 8. The van der Waals surface area contributed by atoms with E-state index >= 15 is 0 Å². The zero-order valence-corrected chi connectivity index (χ0v) is 9.98. The molecule has 0 spiro atoms. The first kappa shape index (κ1) is 15.0. The van der Waals surface area contributed by atoms with Crippen molar-refractivity contribution in [1.82, 2.24) is 5.32 Å². The van der Waals surface area contributed by atoms with Gasteiger partial charge >= 0.3 is 7.82 Å². The first-order chi connectivity index (χ1) is 6.87. The second-order valence-electron chi connectivity index (χ2n) is 3.67. The van der Waals surface area contributed by atoms with Crippen LogP contribution in [0, 0.1) is 5.92 Å². The second kappa shape index (κ2) is 7.33. The predicted octanol–water partition coefficient (Wildman–Crippen LogP) is 0.0923. The Morgan fingerprint density at radius 2 is 2.00 bits per heavy atom. The van der Waals surface area contributed by atoms with E-state index in [1.54, 1.807) is 0 Å². The summed E-state index contributed by atoms with van der Waals surface area (Å²) in [5.74, 6) is 0.204. The highest BCUT2D eigenvalue weighted by molar-refractivity contribution is 7.46. The van der Waals surface area contributed by atoms with Gasteiger partial charge in [-0.3, -0.25) is 4.52 Å². The van der Waals surface area contributed by atoms with Crippen molar-refractivity contribution in [2.45, 2.75) is 26.3 Å². The minimum absolute atomic E-state index is 0.0344. The minimum Gasteiger partial charge on any atom is -0.396 e. The zero-order valence-electron chi connectivity index (χ0n) is 9.09. The lowest BCUT2D eigenvalue weighted by Crippen LogP contribution is -2.38. The van der Waals surface area contributed by atoms with Crippen LogP contribution in [0.1, 0.15) is 20.3 Å². The molecule has 0 radical (unpaired) electrons. The van der Waals surface area contributed by atoms with Crippen LogP contribution >= 0.6 is 7.82 Å². The van der Waals surface area contributed by atoms with Crippen molar-refractivity contribution in [3.05, 3.63) is 0 Å². The van der Waals surface area contributed by atoms with E-state index in [1.165, 1.54) is 0 Å². The van der Waals surface area contributed by atoms with E-state index in [1.807, 2.05) is 13.8 Å². The molecule has 0 aromatic heterocycles. The summed E-state index contributed by atoms with van der Waals surface area (Å²) in [6.07, 6.45) is 0.610. The molecule has 0 aliphatic heterocycles. The van der Waals surface area contributed by atoms with Crippen molar-refractivity contribution in [1.29, 1.82) is 0 Å². The molecule has 0 rings (SSSR count). The topological polar surface area (TPSA) is 99.0 Å². The van der Waals surface area contributed by atoms with E-state index in [0.29, 0.717) is 13.0 Å². The number of hydrogen-bond donors (Lipinski definition) is 4. The standard InChI is InChI=1S/C8H20NO5P/c1-7(2)8(9-4-3-5-10)6-14-15(11,12)13/h7-10H,3-6H2,1-2H3,(H2,11,12,13). The maximum atomic E-state index is 10.5. The highest BCUT2D eigenvalue weighted by atomic mass is 31.2. The molecule has 0 saturated carbocycles. The first-order valence-electron chi connectivity index (χ1n) is 4.91. The second-order valence-corrected chi connectivity index (χ2v) is 4.91. The van der Waals surface area contributed by atoms with E-state index in [0.717, 1.165) is 0 Å². The van der Waals surface area contributed by atoms with Gasteiger partial charge in [-0.05, 0) is 18.9 Å². The summed E-state index contributed by atoms with van der Waals surface area (Å²) in [4.78, 5) is 17.1. The van der Waals surface area contributed by atoms with Gasteiger partial charge in [0, 0.05) is 12.6 Å². The molecule has 0 aromatic rings. The smallest absolute Gasteiger partial charge is 0.396 e. The van der Waals surface area contributed by atoms with E-state index in [-0.39, 0.29) is 25.2 Å². The van der Waals surface area contributed by atoms with Gasteiger partial charge in [-0.25, -0.2) is 4.57 Å². The molecule has 1 atom stereocenters. The summed E-state index contributed by atoms with van der Waals surface area (Å²) >= 11 is 0. The predicted molar refractivity (Wildman–Crippen MR) is 56.3 cm³/mol. The Kier molecular flexibility index (Phi) is 7.34. The monoisotopic (exact) mass is 241 g/mol. The summed E-state index contributed by atoms with van der Waals surface area (Å²) < 4.78 is 14.9. The van der Waals surface area contributed by atoms with Gasteiger partial charge in [0.05, 0.1) is 6.61 Å². The lowest BCUT2D eigenvalue weighted by Gasteiger charge is -2.22. The van der Waals surface area contributed by atoms with Crippen LogP contribution in [0.3, 0.4) is 0 Å². The van der Waals surface area contributed by atoms with Crippen LogP contribution in [0.25, 0.3) is 0 Å². The molecule has 7 heteroatoms. The first-order valence-corrected chi connectivity index (χ1v) is 6.44. The van der Waals surface area contributed by atoms with Crippen molar-refractivity contribution in [3.63, 3.8) is 0 Å². The Morgan fingerprint density at radius 1 is 1.40 bits per heavy atom. The fourth-order valence-electron chi connectivity index (χ4n) is 1.03. The fourth-order valence-corrected chi connectivity index (χ4v) is 1.39. The van der Waals surface area contributed by atoms with E-state index in [9.17, 15) is 4.57 Å². The third-order valence-electron chi connectivity index (χ3n) is 1.97. The van der Waals surface area contributed by atoms with Crippen LogP contribution < -0.4 is 5.32 Å². The Bertz CT molecular complexity index is 205. The molecule has 0 aromatic carbocycles. The summed E-state index contributed by atoms with van der Waals surface area (Å²) in [6, 6.07) is -0.121. The largest absolute Gasteiger partial charge is 0.469 e. The molecule has 0 aliphatic rings. The number of aliphatic hydroxyl groups excluding tert-OH is 1. The van der Waals surface area contributed by atoms with Crippen LogP contribution in [0.15, 0.2) is 0 Å². The van der Waals surface area contributed by atoms with Gasteiger partial charge in [-0.2, -0.15) is 0 Å². The molecule has 1 unspecified atom stereocenters. The summed E-state index contributed by atoms with van der Waals surface area (Å²) in [5, 5.41) is 11.6. The third kappa shape index (κ3) is 8.99. The molecule has 4 N–H and O–H groups in total. The molecule has 0 heterocycles. The van der Waals surface area contributed by atoms with Crippen LogP contribution in [0.2, 0.25) is 0 Å². The van der Waals surface area contributed by atoms with Gasteiger partial charge in [-0.15, -0.1) is 0 Å². The zero-order chi connectivity index (χ0) is 11.9.